The van der Waals surface area contributed by atoms with Crippen LogP contribution in [0.3, 0.4) is 0 Å². The highest BCUT2D eigenvalue weighted by Gasteiger charge is 2.55. The molecule has 2 N–H and O–H groups in total. The number of likely N-dealkylation sites (tertiary alicyclic amines) is 1. The van der Waals surface area contributed by atoms with Gasteiger partial charge in [-0.15, -0.1) is 0 Å². The highest BCUT2D eigenvalue weighted by atomic mass is 19.1. The molecule has 0 bridgehead atoms. The number of phenolic OH excluding ortho intramolecular Hbond substituents is 1. The SMILES string of the molecule is Cc1cc(F)ccc1CC(=O)N1CCC2(CC1)CO[C@H]1c3cccc(O)c3O[C@@](C)(CCC(=O)O)[C@@H]1C2. The zero-order chi connectivity index (χ0) is 26.4. The van der Waals surface area contributed by atoms with Crippen molar-refractivity contribution in [2.24, 2.45) is 11.3 Å². The molecule has 0 radical (unpaired) electrons. The fourth-order valence-corrected chi connectivity index (χ4v) is 6.35. The van der Waals surface area contributed by atoms with Crippen LogP contribution in [0.25, 0.3) is 0 Å². The third-order valence-corrected chi connectivity index (χ3v) is 8.70. The molecule has 1 amide bonds. The molecular weight excluding hydrogens is 477 g/mol. The summed E-state index contributed by atoms with van der Waals surface area (Å²) in [5.74, 6) is -0.827. The first-order chi connectivity index (χ1) is 17.6. The van der Waals surface area contributed by atoms with Gasteiger partial charge in [0.1, 0.15) is 11.4 Å². The van der Waals surface area contributed by atoms with Crippen LogP contribution in [-0.2, 0) is 20.7 Å². The van der Waals surface area contributed by atoms with Crippen molar-refractivity contribution < 1.29 is 33.7 Å². The Morgan fingerprint density at radius 3 is 2.65 bits per heavy atom. The molecule has 3 atom stereocenters. The molecule has 2 saturated heterocycles. The van der Waals surface area contributed by atoms with Crippen LogP contribution in [0.1, 0.15) is 61.8 Å². The second-order valence-corrected chi connectivity index (χ2v) is 11.2. The zero-order valence-electron chi connectivity index (χ0n) is 21.3. The van der Waals surface area contributed by atoms with Gasteiger partial charge in [-0.05, 0) is 74.3 Å². The Bertz CT molecular complexity index is 1210. The number of fused-ring (bicyclic) bond motifs is 3. The van der Waals surface area contributed by atoms with Crippen molar-refractivity contribution in [2.45, 2.75) is 64.1 Å². The highest BCUT2D eigenvalue weighted by Crippen LogP contribution is 2.58. The summed E-state index contributed by atoms with van der Waals surface area (Å²) in [5.41, 5.74) is 1.47. The van der Waals surface area contributed by atoms with E-state index in [0.717, 1.165) is 36.0 Å². The maximum absolute atomic E-state index is 13.4. The first-order valence-electron chi connectivity index (χ1n) is 13.0. The molecule has 3 aliphatic rings. The van der Waals surface area contributed by atoms with Crippen molar-refractivity contribution in [3.8, 4) is 11.5 Å². The molecule has 1 spiro atoms. The minimum atomic E-state index is -0.890. The van der Waals surface area contributed by atoms with Gasteiger partial charge in [-0.25, -0.2) is 4.39 Å². The number of halogens is 1. The molecule has 0 aliphatic carbocycles. The Kier molecular flexibility index (Phi) is 6.64. The lowest BCUT2D eigenvalue weighted by Gasteiger charge is -2.55. The maximum atomic E-state index is 13.4. The number of piperidine rings is 1. The minimum Gasteiger partial charge on any atom is -0.504 e. The average molecular weight is 512 g/mol. The number of aromatic hydroxyl groups is 1. The van der Waals surface area contributed by atoms with Gasteiger partial charge < -0.3 is 24.6 Å². The Morgan fingerprint density at radius 2 is 1.95 bits per heavy atom. The topological polar surface area (TPSA) is 96.3 Å². The van der Waals surface area contributed by atoms with Crippen molar-refractivity contribution in [2.75, 3.05) is 19.7 Å². The van der Waals surface area contributed by atoms with E-state index in [-0.39, 0.29) is 47.8 Å². The third kappa shape index (κ3) is 4.91. The Morgan fingerprint density at radius 1 is 1.19 bits per heavy atom. The Balaban J connectivity index is 1.31. The summed E-state index contributed by atoms with van der Waals surface area (Å²) in [7, 11) is 0. The quantitative estimate of drug-likeness (QED) is 0.600. The van der Waals surface area contributed by atoms with Crippen molar-refractivity contribution in [1.82, 2.24) is 4.90 Å². The van der Waals surface area contributed by atoms with Crippen LogP contribution in [0, 0.1) is 24.1 Å². The summed E-state index contributed by atoms with van der Waals surface area (Å²) in [5, 5.41) is 19.8. The highest BCUT2D eigenvalue weighted by molar-refractivity contribution is 5.79. The summed E-state index contributed by atoms with van der Waals surface area (Å²) < 4.78 is 26.3. The van der Waals surface area contributed by atoms with Crippen LogP contribution < -0.4 is 4.74 Å². The van der Waals surface area contributed by atoms with Crippen LogP contribution in [0.5, 0.6) is 11.5 Å². The number of carbonyl (C=O) groups excluding carboxylic acids is 1. The molecule has 3 aliphatic heterocycles. The molecule has 0 aromatic heterocycles. The lowest BCUT2D eigenvalue weighted by molar-refractivity contribution is -0.183. The van der Waals surface area contributed by atoms with Crippen molar-refractivity contribution in [1.29, 1.82) is 0 Å². The zero-order valence-corrected chi connectivity index (χ0v) is 21.3. The van der Waals surface area contributed by atoms with Crippen molar-refractivity contribution in [3.05, 3.63) is 58.9 Å². The summed E-state index contributed by atoms with van der Waals surface area (Å²) in [6.07, 6.45) is 2.59. The van der Waals surface area contributed by atoms with Crippen LogP contribution in [0.4, 0.5) is 4.39 Å². The number of rotatable bonds is 5. The molecule has 2 aromatic rings. The molecule has 8 heteroatoms. The summed E-state index contributed by atoms with van der Waals surface area (Å²) in [4.78, 5) is 26.3. The second kappa shape index (κ2) is 9.63. The molecule has 37 heavy (non-hydrogen) atoms. The fraction of sp³-hybridized carbons (Fsp3) is 0.517. The first kappa shape index (κ1) is 25.5. The number of phenols is 1. The molecule has 7 nitrogen and oxygen atoms in total. The summed E-state index contributed by atoms with van der Waals surface area (Å²) >= 11 is 0. The number of aryl methyl sites for hydroxylation is 1. The van der Waals surface area contributed by atoms with E-state index in [1.807, 2.05) is 24.8 Å². The van der Waals surface area contributed by atoms with E-state index in [1.54, 1.807) is 18.2 Å². The van der Waals surface area contributed by atoms with Gasteiger partial charge in [0, 0.05) is 31.0 Å². The van der Waals surface area contributed by atoms with Gasteiger partial charge in [-0.1, -0.05) is 18.2 Å². The Hall–Kier alpha value is -3.13. The third-order valence-electron chi connectivity index (χ3n) is 8.70. The largest absolute Gasteiger partial charge is 0.504 e. The van der Waals surface area contributed by atoms with Gasteiger partial charge in [-0.3, -0.25) is 9.59 Å². The summed E-state index contributed by atoms with van der Waals surface area (Å²) in [6, 6.07) is 9.77. The average Bonchev–Trinajstić information content (AvgIpc) is 2.86. The number of carboxylic acids is 1. The van der Waals surface area contributed by atoms with Gasteiger partial charge in [-0.2, -0.15) is 0 Å². The van der Waals surface area contributed by atoms with Crippen LogP contribution in [0.2, 0.25) is 0 Å². The van der Waals surface area contributed by atoms with Gasteiger partial charge >= 0.3 is 5.97 Å². The van der Waals surface area contributed by atoms with E-state index in [9.17, 15) is 24.2 Å². The van der Waals surface area contributed by atoms with E-state index < -0.39 is 11.6 Å². The fourth-order valence-electron chi connectivity index (χ4n) is 6.35. The second-order valence-electron chi connectivity index (χ2n) is 11.2. The predicted octanol–water partition coefficient (Wildman–Crippen LogP) is 4.78. The van der Waals surface area contributed by atoms with Crippen LogP contribution in [-0.4, -0.2) is 52.3 Å². The lowest BCUT2D eigenvalue weighted by atomic mass is 9.63. The number of aliphatic carboxylic acids is 1. The Labute approximate surface area is 216 Å². The number of nitrogens with zero attached hydrogens (tertiary/aromatic N) is 1. The number of hydrogen-bond donors (Lipinski definition) is 2. The van der Waals surface area contributed by atoms with Gasteiger partial charge in [0.25, 0.3) is 0 Å². The standard InChI is InChI=1S/C29H34FNO6/c1-18-14-20(30)7-6-19(18)15-24(33)31-12-10-29(11-13-31)16-22-26(36-17-29)21-4-3-5-23(32)27(21)37-28(22,2)9-8-25(34)35/h3-7,14,22,26,32H,8-13,15-17H2,1-2H3,(H,34,35)/t22-,26+,28+/m1/s1. The number of carbonyl (C=O) groups is 2. The van der Waals surface area contributed by atoms with E-state index in [4.69, 9.17) is 9.47 Å². The number of para-hydroxylation sites is 1. The van der Waals surface area contributed by atoms with Crippen molar-refractivity contribution >= 4 is 11.9 Å². The lowest BCUT2D eigenvalue weighted by Crippen LogP contribution is -2.56. The van der Waals surface area contributed by atoms with Crippen molar-refractivity contribution in [3.63, 3.8) is 0 Å². The van der Waals surface area contributed by atoms with Gasteiger partial charge in [0.05, 0.1) is 19.1 Å². The monoisotopic (exact) mass is 511 g/mol. The number of ether oxygens (including phenoxy) is 2. The number of amides is 1. The number of hydrogen-bond acceptors (Lipinski definition) is 5. The number of benzene rings is 2. The molecule has 5 rings (SSSR count). The molecule has 0 saturated carbocycles. The normalized spacial score (nSPS) is 26.2. The van der Waals surface area contributed by atoms with E-state index >= 15 is 0 Å². The molecular formula is C29H34FNO6. The summed E-state index contributed by atoms with van der Waals surface area (Å²) in [6.45, 7) is 5.51. The molecule has 2 aromatic carbocycles. The van der Waals surface area contributed by atoms with E-state index in [1.165, 1.54) is 12.1 Å². The molecule has 198 valence electrons. The van der Waals surface area contributed by atoms with Crippen LogP contribution in [0.15, 0.2) is 36.4 Å². The van der Waals surface area contributed by atoms with Gasteiger partial charge in [0.2, 0.25) is 5.91 Å². The van der Waals surface area contributed by atoms with E-state index in [2.05, 4.69) is 0 Å². The minimum absolute atomic E-state index is 0.0320. The smallest absolute Gasteiger partial charge is 0.303 e. The van der Waals surface area contributed by atoms with E-state index in [0.29, 0.717) is 31.9 Å². The predicted molar refractivity (Wildman–Crippen MR) is 134 cm³/mol. The number of carboxylic acid groups (broad SMARTS) is 1. The molecule has 3 heterocycles. The van der Waals surface area contributed by atoms with Gasteiger partial charge in [0.15, 0.2) is 11.5 Å². The first-order valence-corrected chi connectivity index (χ1v) is 13.0. The maximum Gasteiger partial charge on any atom is 0.303 e. The molecule has 2 fully saturated rings. The van der Waals surface area contributed by atoms with Crippen LogP contribution >= 0.6 is 0 Å². The molecule has 0 unspecified atom stereocenters.